The Balaban J connectivity index is 0. The molecule has 6 heteroatoms. The second kappa shape index (κ2) is 20.0. The van der Waals surface area contributed by atoms with Gasteiger partial charge in [-0.1, -0.05) is 90.2 Å². The Morgan fingerprint density at radius 1 is 0.880 bits per heavy atom. The number of rotatable bonds is 17. The molecule has 0 aliphatic carbocycles. The summed E-state index contributed by atoms with van der Waals surface area (Å²) in [5.41, 5.74) is 0. The van der Waals surface area contributed by atoms with Crippen LogP contribution in [0, 0.1) is 5.92 Å². The van der Waals surface area contributed by atoms with Crippen LogP contribution in [0.5, 0.6) is 0 Å². The molecule has 0 aliphatic heterocycles. The maximum Gasteiger partial charge on any atom is 1.00 e. The zero-order valence-electron chi connectivity index (χ0n) is 16.7. The average Bonchev–Trinajstić information content (AvgIpc) is 2.53. The monoisotopic (exact) mass is 400 g/mol. The summed E-state index contributed by atoms with van der Waals surface area (Å²) in [5.74, 6) is 0.0236. The van der Waals surface area contributed by atoms with E-state index in [4.69, 9.17) is 0 Å². The van der Waals surface area contributed by atoms with Gasteiger partial charge in [0.15, 0.2) is 0 Å². The van der Waals surface area contributed by atoms with Crippen LogP contribution in [0.15, 0.2) is 12.2 Å². The molecule has 0 saturated heterocycles. The number of hydrogen-bond acceptors (Lipinski definition) is 4. The molecule has 144 valence electrons. The van der Waals surface area contributed by atoms with Crippen LogP contribution in [-0.2, 0) is 14.6 Å². The van der Waals surface area contributed by atoms with Gasteiger partial charge in [-0.3, -0.25) is 4.18 Å². The Hall–Kier alpha value is 1.25. The molecule has 0 bridgehead atoms. The van der Waals surface area contributed by atoms with E-state index >= 15 is 0 Å². The van der Waals surface area contributed by atoms with E-state index in [-0.39, 0.29) is 63.9 Å². The molecule has 0 aromatic carbocycles. The van der Waals surface area contributed by atoms with Crippen molar-refractivity contribution < 1.29 is 68.5 Å². The molecule has 0 rings (SSSR count). The van der Waals surface area contributed by atoms with Crippen molar-refractivity contribution in [2.45, 2.75) is 97.3 Å². The molecule has 25 heavy (non-hydrogen) atoms. The minimum atomic E-state index is -4.59. The Labute approximate surface area is 198 Å². The van der Waals surface area contributed by atoms with Crippen molar-refractivity contribution in [3.05, 3.63) is 12.2 Å². The quantitative estimate of drug-likeness (QED) is 0.124. The molecule has 1 unspecified atom stereocenters. The van der Waals surface area contributed by atoms with Gasteiger partial charge in [-0.2, -0.15) is 0 Å². The van der Waals surface area contributed by atoms with Crippen LogP contribution in [0.4, 0.5) is 0 Å². The molecule has 0 saturated carbocycles. The van der Waals surface area contributed by atoms with Crippen molar-refractivity contribution in [1.82, 2.24) is 0 Å². The van der Waals surface area contributed by atoms with Crippen LogP contribution in [0.3, 0.4) is 0 Å². The normalized spacial score (nSPS) is 13.1. The maximum atomic E-state index is 10.7. The summed E-state index contributed by atoms with van der Waals surface area (Å²) >= 11 is 0. The topological polar surface area (TPSA) is 66.4 Å². The van der Waals surface area contributed by atoms with Crippen LogP contribution >= 0.6 is 0 Å². The van der Waals surface area contributed by atoms with Gasteiger partial charge in [-0.05, 0) is 19.3 Å². The fourth-order valence-electron chi connectivity index (χ4n) is 2.75. The van der Waals surface area contributed by atoms with Gasteiger partial charge in [0.1, 0.15) is 0 Å². The van der Waals surface area contributed by atoms with Crippen molar-refractivity contribution in [1.29, 1.82) is 0 Å². The third kappa shape index (κ3) is 23.2. The summed E-state index contributed by atoms with van der Waals surface area (Å²) in [6, 6.07) is 0. The van der Waals surface area contributed by atoms with Gasteiger partial charge >= 0.3 is 51.4 Å². The number of allylic oxidation sites excluding steroid dienone is 1. The summed E-state index contributed by atoms with van der Waals surface area (Å²) in [7, 11) is -4.59. The van der Waals surface area contributed by atoms with E-state index in [0.717, 1.165) is 25.7 Å². The zero-order chi connectivity index (χ0) is 18.1. The predicted octanol–water partition coefficient (Wildman–Crippen LogP) is 2.75. The van der Waals surface area contributed by atoms with E-state index in [2.05, 4.69) is 24.1 Å². The molecule has 0 spiro atoms. The van der Waals surface area contributed by atoms with Crippen LogP contribution in [0.2, 0.25) is 0 Å². The largest absolute Gasteiger partial charge is 1.00 e. The molecule has 0 aliphatic rings. The summed E-state index contributed by atoms with van der Waals surface area (Å²) < 4.78 is 36.4. The second-order valence-corrected chi connectivity index (χ2v) is 7.69. The molecule has 4 nitrogen and oxygen atoms in total. The number of hydrogen-bond donors (Lipinski definition) is 0. The standard InChI is InChI=1S/C19H38O4S.K/c1-3-5-7-9-10-11-13-15-17-19(18-23-24(20,21)22)16-14-12-8-6-4-2;/h15,17,19H,3-14,16,18H2,1-2H3,(H,20,21,22);/q;+1/p-1/b17-15+;. The Morgan fingerprint density at radius 3 is 1.96 bits per heavy atom. The molecule has 0 aromatic rings. The van der Waals surface area contributed by atoms with Gasteiger partial charge in [-0.15, -0.1) is 0 Å². The average molecular weight is 401 g/mol. The fourth-order valence-corrected chi connectivity index (χ4v) is 3.09. The molecule has 0 aromatic heterocycles. The van der Waals surface area contributed by atoms with Crippen LogP contribution in [0.1, 0.15) is 97.3 Å². The van der Waals surface area contributed by atoms with Gasteiger partial charge in [0, 0.05) is 5.92 Å². The summed E-state index contributed by atoms with van der Waals surface area (Å²) in [5, 5.41) is 0. The van der Waals surface area contributed by atoms with Crippen molar-refractivity contribution in [3.8, 4) is 0 Å². The summed E-state index contributed by atoms with van der Waals surface area (Å²) in [4.78, 5) is 0. The van der Waals surface area contributed by atoms with E-state index in [1.165, 1.54) is 57.8 Å². The third-order valence-corrected chi connectivity index (χ3v) is 4.66. The molecular formula is C19H37KO4S. The van der Waals surface area contributed by atoms with Crippen molar-refractivity contribution in [2.24, 2.45) is 5.92 Å². The van der Waals surface area contributed by atoms with Gasteiger partial charge in [-0.25, -0.2) is 8.42 Å². The van der Waals surface area contributed by atoms with Crippen molar-refractivity contribution >= 4 is 10.4 Å². The first kappa shape index (κ1) is 28.5. The maximum absolute atomic E-state index is 10.7. The molecule has 0 amide bonds. The third-order valence-electron chi connectivity index (χ3n) is 4.24. The molecule has 0 heterocycles. The summed E-state index contributed by atoms with van der Waals surface area (Å²) in [6.07, 6.45) is 19.5. The van der Waals surface area contributed by atoms with E-state index in [9.17, 15) is 13.0 Å². The first-order valence-corrected chi connectivity index (χ1v) is 11.1. The van der Waals surface area contributed by atoms with Crippen LogP contribution in [-0.4, -0.2) is 19.6 Å². The molecule has 1 atom stereocenters. The predicted molar refractivity (Wildman–Crippen MR) is 99.6 cm³/mol. The van der Waals surface area contributed by atoms with Gasteiger partial charge in [0.05, 0.1) is 6.61 Å². The second-order valence-electron chi connectivity index (χ2n) is 6.64. The first-order valence-electron chi connectivity index (χ1n) is 9.76. The minimum Gasteiger partial charge on any atom is -0.726 e. The molecule has 0 N–H and O–H groups in total. The van der Waals surface area contributed by atoms with E-state index in [1.54, 1.807) is 0 Å². The van der Waals surface area contributed by atoms with Gasteiger partial charge in [0.25, 0.3) is 0 Å². The Morgan fingerprint density at radius 2 is 1.40 bits per heavy atom. The summed E-state index contributed by atoms with van der Waals surface area (Å²) in [6.45, 7) is 4.38. The van der Waals surface area contributed by atoms with Crippen LogP contribution in [0.25, 0.3) is 0 Å². The van der Waals surface area contributed by atoms with Crippen molar-refractivity contribution in [3.63, 3.8) is 0 Å². The van der Waals surface area contributed by atoms with Gasteiger partial charge in [0.2, 0.25) is 10.4 Å². The minimum absolute atomic E-state index is 0. The SMILES string of the molecule is CCCCCCCC/C=C/C(CCCCCCC)COS(=O)(=O)[O-].[K+]. The van der Waals surface area contributed by atoms with E-state index in [1.807, 2.05) is 6.08 Å². The Bertz CT molecular complexity index is 396. The van der Waals surface area contributed by atoms with E-state index < -0.39 is 10.4 Å². The molecular weight excluding hydrogens is 363 g/mol. The molecule has 0 radical (unpaired) electrons. The van der Waals surface area contributed by atoms with E-state index in [0.29, 0.717) is 0 Å². The molecule has 0 fully saturated rings. The Kier molecular flexibility index (Phi) is 22.8. The smallest absolute Gasteiger partial charge is 0.726 e. The van der Waals surface area contributed by atoms with Gasteiger partial charge < -0.3 is 4.55 Å². The fraction of sp³-hybridized carbons (Fsp3) is 0.895. The number of unbranched alkanes of at least 4 members (excludes halogenated alkanes) is 10. The van der Waals surface area contributed by atoms with Crippen LogP contribution < -0.4 is 51.4 Å². The van der Waals surface area contributed by atoms with Crippen molar-refractivity contribution in [2.75, 3.05) is 6.61 Å². The zero-order valence-corrected chi connectivity index (χ0v) is 20.6. The first-order chi connectivity index (χ1) is 11.5.